The fourth-order valence-electron chi connectivity index (χ4n) is 2.48. The van der Waals surface area contributed by atoms with Gasteiger partial charge in [0.2, 0.25) is 0 Å². The molecule has 0 saturated heterocycles. The molecule has 3 heteroatoms. The fraction of sp³-hybridized carbons (Fsp3) is 0.588. The number of aliphatic carboxylic acids is 1. The van der Waals surface area contributed by atoms with E-state index >= 15 is 0 Å². The first-order valence-electron chi connectivity index (χ1n) is 7.50. The summed E-state index contributed by atoms with van der Waals surface area (Å²) >= 11 is 0. The van der Waals surface area contributed by atoms with Gasteiger partial charge in [0.05, 0.1) is 12.5 Å². The standard InChI is InChI=1S/C17H26O3/c1-4-6-7-8-16(20-5-2)15-10-13(3)9-14(11-15)12-17(18)19/h9-11,16H,4-8,12H2,1-3H3,(H,18,19). The van der Waals surface area contributed by atoms with Crippen molar-refractivity contribution in [3.8, 4) is 0 Å². The van der Waals surface area contributed by atoms with Crippen LogP contribution in [0, 0.1) is 6.92 Å². The molecule has 0 radical (unpaired) electrons. The second-order valence-corrected chi connectivity index (χ2v) is 5.26. The van der Waals surface area contributed by atoms with E-state index in [0.717, 1.165) is 29.5 Å². The number of hydrogen-bond donors (Lipinski definition) is 1. The minimum absolute atomic E-state index is 0.0719. The summed E-state index contributed by atoms with van der Waals surface area (Å²) in [7, 11) is 0. The lowest BCUT2D eigenvalue weighted by atomic mass is 9.97. The van der Waals surface area contributed by atoms with Crippen LogP contribution in [0.4, 0.5) is 0 Å². The van der Waals surface area contributed by atoms with Gasteiger partial charge in [0.15, 0.2) is 0 Å². The van der Waals surface area contributed by atoms with Gasteiger partial charge >= 0.3 is 5.97 Å². The number of ether oxygens (including phenoxy) is 1. The number of hydrogen-bond acceptors (Lipinski definition) is 2. The van der Waals surface area contributed by atoms with Crippen LogP contribution in [0.15, 0.2) is 18.2 Å². The van der Waals surface area contributed by atoms with E-state index in [0.29, 0.717) is 6.61 Å². The van der Waals surface area contributed by atoms with E-state index in [1.165, 1.54) is 12.8 Å². The molecule has 0 bridgehead atoms. The van der Waals surface area contributed by atoms with Crippen molar-refractivity contribution < 1.29 is 14.6 Å². The van der Waals surface area contributed by atoms with E-state index in [-0.39, 0.29) is 12.5 Å². The zero-order chi connectivity index (χ0) is 15.0. The predicted molar refractivity (Wildman–Crippen MR) is 81.0 cm³/mol. The van der Waals surface area contributed by atoms with Gasteiger partial charge in [-0.15, -0.1) is 0 Å². The van der Waals surface area contributed by atoms with Crippen molar-refractivity contribution in [1.82, 2.24) is 0 Å². The minimum atomic E-state index is -0.791. The van der Waals surface area contributed by atoms with Crippen molar-refractivity contribution in [3.63, 3.8) is 0 Å². The first-order valence-corrected chi connectivity index (χ1v) is 7.50. The van der Waals surface area contributed by atoms with Gasteiger partial charge in [-0.25, -0.2) is 0 Å². The number of aryl methyl sites for hydroxylation is 1. The van der Waals surface area contributed by atoms with Crippen LogP contribution in [0.5, 0.6) is 0 Å². The molecule has 0 aliphatic carbocycles. The molecule has 0 spiro atoms. The Morgan fingerprint density at radius 1 is 1.25 bits per heavy atom. The normalized spacial score (nSPS) is 12.3. The summed E-state index contributed by atoms with van der Waals surface area (Å²) in [6, 6.07) is 6.03. The largest absolute Gasteiger partial charge is 0.481 e. The molecule has 3 nitrogen and oxygen atoms in total. The van der Waals surface area contributed by atoms with Crippen molar-refractivity contribution in [1.29, 1.82) is 0 Å². The van der Waals surface area contributed by atoms with Gasteiger partial charge in [-0.1, -0.05) is 49.9 Å². The van der Waals surface area contributed by atoms with Crippen molar-refractivity contribution in [2.75, 3.05) is 6.61 Å². The summed E-state index contributed by atoms with van der Waals surface area (Å²) in [6.45, 7) is 6.87. The van der Waals surface area contributed by atoms with Crippen molar-refractivity contribution in [2.24, 2.45) is 0 Å². The van der Waals surface area contributed by atoms with Crippen molar-refractivity contribution >= 4 is 5.97 Å². The highest BCUT2D eigenvalue weighted by atomic mass is 16.5. The van der Waals surface area contributed by atoms with Crippen molar-refractivity contribution in [3.05, 3.63) is 34.9 Å². The highest BCUT2D eigenvalue weighted by Crippen LogP contribution is 2.26. The highest BCUT2D eigenvalue weighted by molar-refractivity contribution is 5.70. The van der Waals surface area contributed by atoms with Crippen LogP contribution in [-0.4, -0.2) is 17.7 Å². The van der Waals surface area contributed by atoms with Crippen LogP contribution >= 0.6 is 0 Å². The number of rotatable bonds is 9. The van der Waals surface area contributed by atoms with Crippen LogP contribution in [0.25, 0.3) is 0 Å². The average molecular weight is 278 g/mol. The molecule has 20 heavy (non-hydrogen) atoms. The Labute approximate surface area is 122 Å². The van der Waals surface area contributed by atoms with Gasteiger partial charge in [0, 0.05) is 6.61 Å². The molecule has 1 N–H and O–H groups in total. The lowest BCUT2D eigenvalue weighted by molar-refractivity contribution is -0.136. The van der Waals surface area contributed by atoms with E-state index in [2.05, 4.69) is 13.0 Å². The van der Waals surface area contributed by atoms with Gasteiger partial charge in [-0.3, -0.25) is 4.79 Å². The van der Waals surface area contributed by atoms with Crippen LogP contribution < -0.4 is 0 Å². The van der Waals surface area contributed by atoms with E-state index in [4.69, 9.17) is 9.84 Å². The first-order chi connectivity index (χ1) is 9.56. The molecular weight excluding hydrogens is 252 g/mol. The van der Waals surface area contributed by atoms with Gasteiger partial charge in [0.1, 0.15) is 0 Å². The van der Waals surface area contributed by atoms with E-state index in [9.17, 15) is 4.79 Å². The Balaban J connectivity index is 2.87. The number of unbranched alkanes of at least 4 members (excludes halogenated alkanes) is 2. The molecule has 112 valence electrons. The second kappa shape index (κ2) is 8.75. The summed E-state index contributed by atoms with van der Waals surface area (Å²) in [5.74, 6) is -0.791. The topological polar surface area (TPSA) is 46.5 Å². The monoisotopic (exact) mass is 278 g/mol. The van der Waals surface area contributed by atoms with E-state index in [1.54, 1.807) is 0 Å². The molecule has 1 rings (SSSR count). The van der Waals surface area contributed by atoms with Gasteiger partial charge in [-0.2, -0.15) is 0 Å². The third kappa shape index (κ3) is 5.74. The van der Waals surface area contributed by atoms with Crippen molar-refractivity contribution in [2.45, 2.75) is 59.0 Å². The number of carboxylic acids is 1. The molecule has 0 aliphatic heterocycles. The number of benzene rings is 1. The zero-order valence-corrected chi connectivity index (χ0v) is 12.8. The summed E-state index contributed by atoms with van der Waals surface area (Å²) in [5, 5.41) is 8.93. The van der Waals surface area contributed by atoms with Crippen LogP contribution in [0.3, 0.4) is 0 Å². The maximum Gasteiger partial charge on any atom is 0.307 e. The van der Waals surface area contributed by atoms with Crippen LogP contribution in [0.2, 0.25) is 0 Å². The SMILES string of the molecule is CCCCCC(OCC)c1cc(C)cc(CC(=O)O)c1. The van der Waals surface area contributed by atoms with Gasteiger partial charge < -0.3 is 9.84 Å². The Morgan fingerprint density at radius 3 is 2.60 bits per heavy atom. The lowest BCUT2D eigenvalue weighted by Gasteiger charge is -2.19. The zero-order valence-electron chi connectivity index (χ0n) is 12.8. The number of carbonyl (C=O) groups is 1. The Kier molecular flexibility index (Phi) is 7.31. The molecular formula is C17H26O3. The maximum atomic E-state index is 10.9. The molecule has 1 unspecified atom stereocenters. The highest BCUT2D eigenvalue weighted by Gasteiger charge is 2.13. The molecule has 1 atom stereocenters. The third-order valence-corrected chi connectivity index (χ3v) is 3.32. The Bertz CT molecular complexity index is 426. The molecule has 0 fully saturated rings. The summed E-state index contributed by atoms with van der Waals surface area (Å²) < 4.78 is 5.84. The van der Waals surface area contributed by atoms with Gasteiger partial charge in [-0.05, 0) is 31.4 Å². The maximum absolute atomic E-state index is 10.9. The minimum Gasteiger partial charge on any atom is -0.481 e. The average Bonchev–Trinajstić information content (AvgIpc) is 2.36. The smallest absolute Gasteiger partial charge is 0.307 e. The molecule has 1 aromatic rings. The summed E-state index contributed by atoms with van der Waals surface area (Å²) in [6.07, 6.45) is 4.69. The molecule has 1 aromatic carbocycles. The summed E-state index contributed by atoms with van der Waals surface area (Å²) in [4.78, 5) is 10.9. The first kappa shape index (κ1) is 16.7. The molecule has 0 heterocycles. The van der Waals surface area contributed by atoms with Gasteiger partial charge in [0.25, 0.3) is 0 Å². The predicted octanol–water partition coefficient (Wildman–Crippen LogP) is 4.28. The summed E-state index contributed by atoms with van der Waals surface area (Å²) in [5.41, 5.74) is 3.06. The second-order valence-electron chi connectivity index (χ2n) is 5.26. The third-order valence-electron chi connectivity index (χ3n) is 3.32. The molecule has 0 aromatic heterocycles. The van der Waals surface area contributed by atoms with Crippen LogP contribution in [0.1, 0.15) is 62.3 Å². The van der Waals surface area contributed by atoms with E-state index < -0.39 is 5.97 Å². The van der Waals surface area contributed by atoms with E-state index in [1.807, 2.05) is 26.0 Å². The molecule has 0 amide bonds. The fourth-order valence-corrected chi connectivity index (χ4v) is 2.48. The Morgan fingerprint density at radius 2 is 2.00 bits per heavy atom. The molecule has 0 saturated carbocycles. The number of carboxylic acid groups (broad SMARTS) is 1. The molecule has 0 aliphatic rings. The lowest BCUT2D eigenvalue weighted by Crippen LogP contribution is -2.07. The quantitative estimate of drug-likeness (QED) is 0.686. The van der Waals surface area contributed by atoms with Crippen LogP contribution in [-0.2, 0) is 16.0 Å². The Hall–Kier alpha value is -1.35.